The predicted octanol–water partition coefficient (Wildman–Crippen LogP) is 4.64. The summed E-state index contributed by atoms with van der Waals surface area (Å²) in [5.74, 6) is 2.68. The van der Waals surface area contributed by atoms with Gasteiger partial charge in [-0.05, 0) is 66.6 Å². The summed E-state index contributed by atoms with van der Waals surface area (Å²) in [7, 11) is 3.29. The number of H-pyrrole nitrogens is 1. The summed E-state index contributed by atoms with van der Waals surface area (Å²) < 4.78 is 21.9. The number of carbonyl (C=O) groups excluding carboxylic acids is 1. The number of nitrogens with zero attached hydrogens (tertiary/aromatic N) is 3. The Labute approximate surface area is 273 Å². The molecular formula is C34H40N8O5. The van der Waals surface area contributed by atoms with Gasteiger partial charge in [0.15, 0.2) is 0 Å². The van der Waals surface area contributed by atoms with E-state index in [1.54, 1.807) is 26.4 Å². The SMILES string of the molecule is COc1ccc(Nc2nc(NCCOCCOCCNC(=O)c3ccccc3)nc(NCCc3c[nH]c4ccc(OC)cc34)n2)cc1. The topological polar surface area (TPSA) is 157 Å². The second kappa shape index (κ2) is 17.3. The molecule has 5 rings (SSSR count). The molecule has 2 aromatic heterocycles. The number of aromatic amines is 1. The maximum absolute atomic E-state index is 12.1. The van der Waals surface area contributed by atoms with Gasteiger partial charge < -0.3 is 45.2 Å². The van der Waals surface area contributed by atoms with E-state index in [4.69, 9.17) is 18.9 Å². The number of rotatable bonds is 19. The standard InChI is InChI=1S/C34H40N8O5/c1-44-27-10-8-26(9-11-27)39-34-41-32(36-15-14-25-23-38-30-13-12-28(45-2)22-29(25)30)40-33(42-34)37-17-19-47-21-20-46-18-16-35-31(43)24-6-4-3-5-7-24/h3-13,22-23,38H,14-21H2,1-2H3,(H,35,43)(H3,36,37,39,40,41,42). The minimum Gasteiger partial charge on any atom is -0.497 e. The molecule has 0 aliphatic rings. The highest BCUT2D eigenvalue weighted by Crippen LogP contribution is 2.24. The van der Waals surface area contributed by atoms with E-state index >= 15 is 0 Å². The van der Waals surface area contributed by atoms with Crippen LogP contribution in [0.3, 0.4) is 0 Å². The molecule has 0 aliphatic carbocycles. The summed E-state index contributed by atoms with van der Waals surface area (Å²) in [6.45, 7) is 3.18. The van der Waals surface area contributed by atoms with Gasteiger partial charge in [-0.2, -0.15) is 15.0 Å². The lowest BCUT2D eigenvalue weighted by atomic mass is 10.1. The number of hydrogen-bond donors (Lipinski definition) is 5. The fraction of sp³-hybridized carbons (Fsp3) is 0.294. The molecule has 5 aromatic rings. The summed E-state index contributed by atoms with van der Waals surface area (Å²) in [6, 6.07) is 22.6. The van der Waals surface area contributed by atoms with Crippen molar-refractivity contribution in [2.24, 2.45) is 0 Å². The molecule has 0 fully saturated rings. The molecular weight excluding hydrogens is 600 g/mol. The molecule has 5 N–H and O–H groups in total. The molecule has 0 unspecified atom stereocenters. The van der Waals surface area contributed by atoms with E-state index in [2.05, 4.69) is 41.2 Å². The van der Waals surface area contributed by atoms with Gasteiger partial charge in [0.2, 0.25) is 17.8 Å². The highest BCUT2D eigenvalue weighted by atomic mass is 16.5. The van der Waals surface area contributed by atoms with Crippen molar-refractivity contribution in [1.29, 1.82) is 0 Å². The van der Waals surface area contributed by atoms with Crippen LogP contribution in [0.2, 0.25) is 0 Å². The van der Waals surface area contributed by atoms with Crippen molar-refractivity contribution in [3.05, 3.63) is 90.1 Å². The summed E-state index contributed by atoms with van der Waals surface area (Å²) in [6.07, 6.45) is 2.76. The number of methoxy groups -OCH3 is 2. The first-order chi connectivity index (χ1) is 23.1. The molecule has 47 heavy (non-hydrogen) atoms. The van der Waals surface area contributed by atoms with Crippen molar-refractivity contribution in [1.82, 2.24) is 25.3 Å². The second-order valence-corrected chi connectivity index (χ2v) is 10.3. The average molecular weight is 641 g/mol. The average Bonchev–Trinajstić information content (AvgIpc) is 3.51. The number of hydrogen-bond acceptors (Lipinski definition) is 11. The first-order valence-electron chi connectivity index (χ1n) is 15.4. The molecule has 0 saturated carbocycles. The van der Waals surface area contributed by atoms with Gasteiger partial charge in [0.1, 0.15) is 11.5 Å². The zero-order valence-corrected chi connectivity index (χ0v) is 26.5. The van der Waals surface area contributed by atoms with Gasteiger partial charge in [0.05, 0.1) is 40.6 Å². The van der Waals surface area contributed by atoms with Crippen LogP contribution in [-0.2, 0) is 15.9 Å². The predicted molar refractivity (Wildman–Crippen MR) is 182 cm³/mol. The van der Waals surface area contributed by atoms with Gasteiger partial charge in [-0.3, -0.25) is 4.79 Å². The first-order valence-corrected chi connectivity index (χ1v) is 15.4. The normalized spacial score (nSPS) is 10.9. The Balaban J connectivity index is 1.08. The maximum atomic E-state index is 12.1. The number of amides is 1. The van der Waals surface area contributed by atoms with Gasteiger partial charge in [-0.1, -0.05) is 18.2 Å². The Hall–Kier alpha value is -5.40. The number of nitrogens with one attached hydrogen (secondary N) is 5. The van der Waals surface area contributed by atoms with Crippen LogP contribution in [-0.4, -0.2) is 86.1 Å². The van der Waals surface area contributed by atoms with Crippen molar-refractivity contribution < 1.29 is 23.7 Å². The van der Waals surface area contributed by atoms with Crippen LogP contribution in [0.25, 0.3) is 10.9 Å². The Morgan fingerprint density at radius 1 is 0.723 bits per heavy atom. The third kappa shape index (κ3) is 10.0. The Morgan fingerprint density at radius 2 is 1.38 bits per heavy atom. The largest absolute Gasteiger partial charge is 0.497 e. The van der Waals surface area contributed by atoms with Crippen LogP contribution in [0, 0.1) is 0 Å². The van der Waals surface area contributed by atoms with E-state index in [-0.39, 0.29) is 5.91 Å². The first kappa shape index (κ1) is 33.0. The van der Waals surface area contributed by atoms with E-state index in [0.29, 0.717) is 69.5 Å². The van der Waals surface area contributed by atoms with Crippen LogP contribution in [0.5, 0.6) is 11.5 Å². The highest BCUT2D eigenvalue weighted by molar-refractivity contribution is 5.94. The number of fused-ring (bicyclic) bond motifs is 1. The van der Waals surface area contributed by atoms with Crippen LogP contribution in [0.15, 0.2) is 79.0 Å². The summed E-state index contributed by atoms with van der Waals surface area (Å²) in [5, 5.41) is 13.7. The number of ether oxygens (including phenoxy) is 4. The quantitative estimate of drug-likeness (QED) is 0.0801. The van der Waals surface area contributed by atoms with Crippen LogP contribution >= 0.6 is 0 Å². The number of anilines is 4. The van der Waals surface area contributed by atoms with Crippen molar-refractivity contribution in [2.45, 2.75) is 6.42 Å². The van der Waals surface area contributed by atoms with Crippen molar-refractivity contribution >= 4 is 40.3 Å². The van der Waals surface area contributed by atoms with E-state index in [0.717, 1.165) is 40.1 Å². The third-order valence-corrected chi connectivity index (χ3v) is 7.10. The van der Waals surface area contributed by atoms with Gasteiger partial charge in [0.25, 0.3) is 5.91 Å². The molecule has 0 spiro atoms. The zero-order chi connectivity index (χ0) is 32.7. The molecule has 246 valence electrons. The van der Waals surface area contributed by atoms with Crippen LogP contribution in [0.4, 0.5) is 23.5 Å². The molecule has 0 aliphatic heterocycles. The fourth-order valence-electron chi connectivity index (χ4n) is 4.68. The van der Waals surface area contributed by atoms with Gasteiger partial charge in [-0.15, -0.1) is 0 Å². The zero-order valence-electron chi connectivity index (χ0n) is 26.5. The Morgan fingerprint density at radius 3 is 2.11 bits per heavy atom. The van der Waals surface area contributed by atoms with E-state index in [1.165, 1.54) is 0 Å². The van der Waals surface area contributed by atoms with Crippen molar-refractivity contribution in [3.63, 3.8) is 0 Å². The minimum absolute atomic E-state index is 0.120. The molecule has 13 nitrogen and oxygen atoms in total. The molecule has 0 radical (unpaired) electrons. The minimum atomic E-state index is -0.120. The molecule has 13 heteroatoms. The smallest absolute Gasteiger partial charge is 0.251 e. The molecule has 2 heterocycles. The lowest BCUT2D eigenvalue weighted by Crippen LogP contribution is -2.27. The lowest BCUT2D eigenvalue weighted by molar-refractivity contribution is 0.0519. The van der Waals surface area contributed by atoms with Gasteiger partial charge in [0, 0.05) is 48.0 Å². The summed E-state index contributed by atoms with van der Waals surface area (Å²) in [5.41, 5.74) is 3.65. The highest BCUT2D eigenvalue weighted by Gasteiger charge is 2.10. The second-order valence-electron chi connectivity index (χ2n) is 10.3. The molecule has 0 saturated heterocycles. The third-order valence-electron chi connectivity index (χ3n) is 7.10. The summed E-state index contributed by atoms with van der Waals surface area (Å²) in [4.78, 5) is 29.1. The molecule has 0 atom stereocenters. The van der Waals surface area contributed by atoms with Crippen molar-refractivity contribution in [2.75, 3.05) is 76.2 Å². The molecule has 0 bridgehead atoms. The Bertz CT molecular complexity index is 1700. The number of benzene rings is 3. The number of aromatic nitrogens is 4. The number of carbonyl (C=O) groups is 1. The van der Waals surface area contributed by atoms with Crippen LogP contribution in [0.1, 0.15) is 15.9 Å². The fourth-order valence-corrected chi connectivity index (χ4v) is 4.68. The van der Waals surface area contributed by atoms with Gasteiger partial charge >= 0.3 is 0 Å². The molecule has 3 aromatic carbocycles. The van der Waals surface area contributed by atoms with E-state index < -0.39 is 0 Å². The van der Waals surface area contributed by atoms with Crippen molar-refractivity contribution in [3.8, 4) is 11.5 Å². The molecule has 1 amide bonds. The van der Waals surface area contributed by atoms with Gasteiger partial charge in [-0.25, -0.2) is 0 Å². The maximum Gasteiger partial charge on any atom is 0.251 e. The monoisotopic (exact) mass is 640 g/mol. The Kier molecular flexibility index (Phi) is 12.2. The van der Waals surface area contributed by atoms with E-state index in [9.17, 15) is 4.79 Å². The van der Waals surface area contributed by atoms with E-state index in [1.807, 2.05) is 66.9 Å². The lowest BCUT2D eigenvalue weighted by Gasteiger charge is -2.12. The summed E-state index contributed by atoms with van der Waals surface area (Å²) >= 11 is 0. The van der Waals surface area contributed by atoms with Crippen LogP contribution < -0.4 is 30.7 Å².